The molecular weight excluding hydrogens is 448 g/mol. The van der Waals surface area contributed by atoms with E-state index < -0.39 is 28.7 Å². The third-order valence-electron chi connectivity index (χ3n) is 4.71. The monoisotopic (exact) mass is 468 g/mol. The molecule has 0 heterocycles. The summed E-state index contributed by atoms with van der Waals surface area (Å²) in [6.07, 6.45) is 0. The Hall–Kier alpha value is -5.12. The van der Waals surface area contributed by atoms with Gasteiger partial charge in [-0.3, -0.25) is 0 Å². The minimum Gasteiger partial charge on any atom is -0.508 e. The fraction of sp³-hybridized carbons (Fsp3) is 0. The van der Waals surface area contributed by atoms with E-state index in [2.05, 4.69) is 0 Å². The molecule has 0 aromatic heterocycles. The van der Waals surface area contributed by atoms with Crippen LogP contribution in [0.4, 0.5) is 0 Å². The predicted molar refractivity (Wildman–Crippen MR) is 120 cm³/mol. The molecule has 0 amide bonds. The lowest BCUT2D eigenvalue weighted by Crippen LogP contribution is -1.83. The van der Waals surface area contributed by atoms with Crippen LogP contribution in [0.15, 0.2) is 60.7 Å². The van der Waals surface area contributed by atoms with Crippen molar-refractivity contribution in [1.82, 2.24) is 0 Å². The highest BCUT2D eigenvalue weighted by atomic mass is 16.4. The number of aromatic hydroxyl groups is 10. The summed E-state index contributed by atoms with van der Waals surface area (Å²) in [7, 11) is 0. The molecule has 0 bridgehead atoms. The zero-order chi connectivity index (χ0) is 25.2. The summed E-state index contributed by atoms with van der Waals surface area (Å²) < 4.78 is 0. The van der Waals surface area contributed by atoms with Crippen LogP contribution in [0, 0.1) is 0 Å². The molecule has 10 nitrogen and oxygen atoms in total. The topological polar surface area (TPSA) is 202 Å². The first-order valence-corrected chi connectivity index (χ1v) is 9.53. The van der Waals surface area contributed by atoms with E-state index in [1.54, 1.807) is 30.3 Å². The first kappa shape index (κ1) is 23.5. The predicted octanol–water partition coefficient (Wildman–Crippen LogP) is 3.76. The average Bonchev–Trinajstić information content (AvgIpc) is 2.76. The van der Waals surface area contributed by atoms with Crippen molar-refractivity contribution in [3.63, 3.8) is 0 Å². The second-order valence-electron chi connectivity index (χ2n) is 7.08. The van der Waals surface area contributed by atoms with Crippen molar-refractivity contribution in [3.05, 3.63) is 60.7 Å². The Bertz CT molecular complexity index is 1280. The molecule has 10 N–H and O–H groups in total. The van der Waals surface area contributed by atoms with Crippen LogP contribution in [0.1, 0.15) is 0 Å². The molecule has 176 valence electrons. The summed E-state index contributed by atoms with van der Waals surface area (Å²) in [4.78, 5) is 0. The first-order chi connectivity index (χ1) is 16.0. The molecule has 0 aliphatic heterocycles. The Morgan fingerprint density at radius 3 is 1.24 bits per heavy atom. The molecule has 0 aliphatic carbocycles. The highest BCUT2D eigenvalue weighted by Gasteiger charge is 2.23. The average molecular weight is 468 g/mol. The molecule has 0 saturated heterocycles. The quantitative estimate of drug-likeness (QED) is 0.152. The van der Waals surface area contributed by atoms with Crippen LogP contribution in [-0.2, 0) is 0 Å². The van der Waals surface area contributed by atoms with Crippen LogP contribution in [0.2, 0.25) is 0 Å². The fourth-order valence-electron chi connectivity index (χ4n) is 3.20. The van der Waals surface area contributed by atoms with Gasteiger partial charge in [-0.2, -0.15) is 0 Å². The maximum atomic E-state index is 9.66. The maximum Gasteiger partial charge on any atom is 0.208 e. The van der Waals surface area contributed by atoms with E-state index >= 15 is 0 Å². The van der Waals surface area contributed by atoms with Crippen molar-refractivity contribution >= 4 is 0 Å². The van der Waals surface area contributed by atoms with Gasteiger partial charge in [0.2, 0.25) is 17.2 Å². The van der Waals surface area contributed by atoms with E-state index in [1.807, 2.05) is 0 Å². The van der Waals surface area contributed by atoms with Gasteiger partial charge in [0.05, 0.1) is 11.1 Å². The van der Waals surface area contributed by atoms with Crippen LogP contribution in [-0.4, -0.2) is 51.1 Å². The molecule has 0 aliphatic rings. The standard InChI is InChI=1S/2C12H10O5/c13-7-1-6(2-8(14)3-7)12-10(16)4-9(15)5-11(12)17;13-8-7(6-4-2-1-3-5-6)9(14)11(16)12(17)10(8)15/h2*1-5,13-17H. The smallest absolute Gasteiger partial charge is 0.208 e. The van der Waals surface area contributed by atoms with Crippen molar-refractivity contribution < 1.29 is 51.1 Å². The summed E-state index contributed by atoms with van der Waals surface area (Å²) in [5, 5.41) is 94.3. The maximum absolute atomic E-state index is 9.66. The Balaban J connectivity index is 0.000000191. The molecule has 0 radical (unpaired) electrons. The normalized spacial score (nSPS) is 10.4. The molecule has 0 unspecified atom stereocenters. The Labute approximate surface area is 192 Å². The molecule has 0 spiro atoms. The van der Waals surface area contributed by atoms with Gasteiger partial charge < -0.3 is 51.1 Å². The van der Waals surface area contributed by atoms with Gasteiger partial charge in [0.1, 0.15) is 28.7 Å². The third-order valence-corrected chi connectivity index (χ3v) is 4.71. The summed E-state index contributed by atoms with van der Waals surface area (Å²) >= 11 is 0. The Morgan fingerprint density at radius 1 is 0.353 bits per heavy atom. The van der Waals surface area contributed by atoms with Crippen molar-refractivity contribution in [2.75, 3.05) is 0 Å². The van der Waals surface area contributed by atoms with E-state index in [0.717, 1.165) is 18.2 Å². The van der Waals surface area contributed by atoms with Crippen LogP contribution in [0.25, 0.3) is 22.3 Å². The molecule has 0 fully saturated rings. The molecule has 4 aromatic carbocycles. The lowest BCUT2D eigenvalue weighted by molar-refractivity contribution is 0.330. The van der Waals surface area contributed by atoms with Crippen LogP contribution in [0.3, 0.4) is 0 Å². The molecule has 0 saturated carbocycles. The summed E-state index contributed by atoms with van der Waals surface area (Å²) in [5.41, 5.74) is 0.512. The number of hydrogen-bond donors (Lipinski definition) is 10. The number of rotatable bonds is 2. The molecule has 0 atom stereocenters. The third kappa shape index (κ3) is 4.55. The zero-order valence-electron chi connectivity index (χ0n) is 17.2. The molecule has 34 heavy (non-hydrogen) atoms. The summed E-state index contributed by atoms with van der Waals surface area (Å²) in [5.74, 6) is -5.49. The van der Waals surface area contributed by atoms with Crippen molar-refractivity contribution in [2.45, 2.75) is 0 Å². The van der Waals surface area contributed by atoms with Crippen LogP contribution >= 0.6 is 0 Å². The largest absolute Gasteiger partial charge is 0.508 e. The van der Waals surface area contributed by atoms with Crippen LogP contribution < -0.4 is 0 Å². The van der Waals surface area contributed by atoms with Gasteiger partial charge in [-0.1, -0.05) is 30.3 Å². The number of hydrogen-bond acceptors (Lipinski definition) is 10. The highest BCUT2D eigenvalue weighted by molar-refractivity contribution is 5.85. The summed E-state index contributed by atoms with van der Waals surface area (Å²) in [6, 6.07) is 14.0. The van der Waals surface area contributed by atoms with Gasteiger partial charge in [-0.05, 0) is 23.3 Å². The van der Waals surface area contributed by atoms with Gasteiger partial charge in [0.25, 0.3) is 0 Å². The highest BCUT2D eigenvalue weighted by Crippen LogP contribution is 2.54. The zero-order valence-corrected chi connectivity index (χ0v) is 17.2. The van der Waals surface area contributed by atoms with E-state index in [1.165, 1.54) is 12.1 Å². The van der Waals surface area contributed by atoms with Gasteiger partial charge >= 0.3 is 0 Å². The molecule has 10 heteroatoms. The second kappa shape index (κ2) is 9.17. The van der Waals surface area contributed by atoms with Gasteiger partial charge in [-0.15, -0.1) is 0 Å². The minimum atomic E-state index is -0.959. The van der Waals surface area contributed by atoms with E-state index in [0.29, 0.717) is 5.56 Å². The van der Waals surface area contributed by atoms with E-state index in [9.17, 15) is 46.0 Å². The second-order valence-corrected chi connectivity index (χ2v) is 7.08. The van der Waals surface area contributed by atoms with Gasteiger partial charge in [-0.25, -0.2) is 0 Å². The fourth-order valence-corrected chi connectivity index (χ4v) is 3.20. The number of phenols is 10. The lowest BCUT2D eigenvalue weighted by atomic mass is 10.0. The SMILES string of the molecule is Oc1c(O)c(O)c(-c2ccccc2)c(O)c1O.Oc1cc(O)cc(-c2c(O)cc(O)cc2O)c1. The molecule has 4 rings (SSSR count). The van der Waals surface area contributed by atoms with Crippen LogP contribution in [0.5, 0.6) is 57.5 Å². The lowest BCUT2D eigenvalue weighted by Gasteiger charge is -2.12. The van der Waals surface area contributed by atoms with Gasteiger partial charge in [0.15, 0.2) is 11.5 Å². The summed E-state index contributed by atoms with van der Waals surface area (Å²) in [6.45, 7) is 0. The number of benzene rings is 4. The minimum absolute atomic E-state index is 0.0222. The van der Waals surface area contributed by atoms with E-state index in [-0.39, 0.29) is 45.4 Å². The first-order valence-electron chi connectivity index (χ1n) is 9.53. The van der Waals surface area contributed by atoms with Crippen molar-refractivity contribution in [1.29, 1.82) is 0 Å². The van der Waals surface area contributed by atoms with E-state index in [4.69, 9.17) is 5.11 Å². The number of phenolic OH excluding ortho intramolecular Hbond substituents is 10. The van der Waals surface area contributed by atoms with Crippen molar-refractivity contribution in [2.24, 2.45) is 0 Å². The Morgan fingerprint density at radius 2 is 0.765 bits per heavy atom. The molecular formula is C24H20O10. The molecule has 4 aromatic rings. The Kier molecular flexibility index (Phi) is 6.35. The van der Waals surface area contributed by atoms with Gasteiger partial charge in [0, 0.05) is 18.2 Å². The van der Waals surface area contributed by atoms with Crippen molar-refractivity contribution in [3.8, 4) is 79.7 Å².